The SMILES string of the molecule is C=c1ccc(=C[C@H]2OO[C@@H](c3cc(C)cc(OC)c3)c3c(OC)cc(C)cc32)cc1. The molecule has 1 heterocycles. The average molecular weight is 402 g/mol. The van der Waals surface area contributed by atoms with Crippen molar-refractivity contribution in [1.82, 2.24) is 0 Å². The maximum Gasteiger partial charge on any atom is 0.147 e. The first-order valence-electron chi connectivity index (χ1n) is 9.91. The summed E-state index contributed by atoms with van der Waals surface area (Å²) in [6.45, 7) is 8.03. The zero-order valence-electron chi connectivity index (χ0n) is 17.8. The van der Waals surface area contributed by atoms with Crippen molar-refractivity contribution >= 4 is 12.7 Å². The van der Waals surface area contributed by atoms with Crippen molar-refractivity contribution in [3.63, 3.8) is 0 Å². The molecule has 0 fully saturated rings. The normalized spacial score (nSPS) is 17.9. The van der Waals surface area contributed by atoms with E-state index in [4.69, 9.17) is 19.2 Å². The van der Waals surface area contributed by atoms with Crippen molar-refractivity contribution in [3.05, 3.63) is 92.9 Å². The lowest BCUT2D eigenvalue weighted by atomic mass is 9.90. The molecule has 0 saturated carbocycles. The van der Waals surface area contributed by atoms with E-state index in [9.17, 15) is 0 Å². The van der Waals surface area contributed by atoms with E-state index in [1.165, 1.54) is 0 Å². The van der Waals surface area contributed by atoms with E-state index >= 15 is 0 Å². The molecule has 1 aliphatic rings. The van der Waals surface area contributed by atoms with Gasteiger partial charge in [0, 0.05) is 5.56 Å². The van der Waals surface area contributed by atoms with Crippen LogP contribution in [0.1, 0.15) is 40.0 Å². The van der Waals surface area contributed by atoms with Crippen molar-refractivity contribution in [2.45, 2.75) is 26.1 Å². The number of hydrogen-bond donors (Lipinski definition) is 0. The van der Waals surface area contributed by atoms with Crippen LogP contribution in [-0.2, 0) is 9.78 Å². The van der Waals surface area contributed by atoms with Crippen molar-refractivity contribution in [3.8, 4) is 11.5 Å². The molecule has 2 atom stereocenters. The van der Waals surface area contributed by atoms with Gasteiger partial charge in [0.2, 0.25) is 0 Å². The van der Waals surface area contributed by atoms with Gasteiger partial charge in [-0.1, -0.05) is 43.0 Å². The van der Waals surface area contributed by atoms with Crippen LogP contribution >= 0.6 is 0 Å². The fourth-order valence-corrected chi connectivity index (χ4v) is 3.88. The topological polar surface area (TPSA) is 36.9 Å². The molecule has 0 saturated heterocycles. The molecule has 4 rings (SSSR count). The second-order valence-electron chi connectivity index (χ2n) is 7.65. The molecular formula is C26H26O4. The lowest BCUT2D eigenvalue weighted by molar-refractivity contribution is -0.345. The summed E-state index contributed by atoms with van der Waals surface area (Å²) < 4.78 is 11.2. The Balaban J connectivity index is 1.87. The number of hydrogen-bond acceptors (Lipinski definition) is 4. The van der Waals surface area contributed by atoms with Crippen LogP contribution in [0.2, 0.25) is 0 Å². The predicted molar refractivity (Wildman–Crippen MR) is 118 cm³/mol. The molecule has 0 radical (unpaired) electrons. The Hall–Kier alpha value is -3.08. The van der Waals surface area contributed by atoms with E-state index in [2.05, 4.69) is 25.6 Å². The third-order valence-electron chi connectivity index (χ3n) is 5.30. The van der Waals surface area contributed by atoms with Crippen LogP contribution in [0.4, 0.5) is 0 Å². The highest BCUT2D eigenvalue weighted by Crippen LogP contribution is 2.45. The van der Waals surface area contributed by atoms with Gasteiger partial charge in [-0.25, -0.2) is 9.78 Å². The minimum atomic E-state index is -0.420. The molecule has 0 aliphatic carbocycles. The summed E-state index contributed by atoms with van der Waals surface area (Å²) in [5.74, 6) is 1.56. The Morgan fingerprint density at radius 3 is 2.30 bits per heavy atom. The number of aryl methyl sites for hydroxylation is 2. The first-order chi connectivity index (χ1) is 14.5. The van der Waals surface area contributed by atoms with Gasteiger partial charge in [0.15, 0.2) is 0 Å². The molecule has 4 nitrogen and oxygen atoms in total. The number of methoxy groups -OCH3 is 2. The van der Waals surface area contributed by atoms with Crippen LogP contribution < -0.4 is 19.9 Å². The fourth-order valence-electron chi connectivity index (χ4n) is 3.88. The Morgan fingerprint density at radius 1 is 0.867 bits per heavy atom. The molecule has 4 heteroatoms. The highest BCUT2D eigenvalue weighted by molar-refractivity contribution is 5.54. The summed E-state index contributed by atoms with van der Waals surface area (Å²) in [5.41, 5.74) is 5.14. The zero-order chi connectivity index (χ0) is 21.3. The molecule has 3 aromatic rings. The molecule has 0 spiro atoms. The second kappa shape index (κ2) is 8.34. The molecule has 1 aliphatic heterocycles. The smallest absolute Gasteiger partial charge is 0.147 e. The third-order valence-corrected chi connectivity index (χ3v) is 5.30. The number of rotatable bonds is 4. The van der Waals surface area contributed by atoms with Crippen LogP contribution in [0.25, 0.3) is 12.7 Å². The van der Waals surface area contributed by atoms with Crippen LogP contribution in [0.15, 0.2) is 54.6 Å². The van der Waals surface area contributed by atoms with Gasteiger partial charge in [-0.3, -0.25) is 0 Å². The molecule has 0 aromatic heterocycles. The fraction of sp³-hybridized carbons (Fsp3) is 0.231. The van der Waals surface area contributed by atoms with Gasteiger partial charge in [-0.15, -0.1) is 0 Å². The minimum absolute atomic E-state index is 0.354. The molecule has 154 valence electrons. The Kier molecular flexibility index (Phi) is 5.62. The van der Waals surface area contributed by atoms with Gasteiger partial charge in [0.1, 0.15) is 23.7 Å². The van der Waals surface area contributed by atoms with Crippen molar-refractivity contribution in [2.75, 3.05) is 14.2 Å². The van der Waals surface area contributed by atoms with E-state index in [0.29, 0.717) is 0 Å². The van der Waals surface area contributed by atoms with Gasteiger partial charge in [-0.2, -0.15) is 0 Å². The average Bonchev–Trinajstić information content (AvgIpc) is 2.74. The Bertz CT molecular complexity index is 1160. The maximum absolute atomic E-state index is 5.96. The largest absolute Gasteiger partial charge is 0.497 e. The van der Waals surface area contributed by atoms with Crippen LogP contribution in [-0.4, -0.2) is 14.2 Å². The molecule has 0 amide bonds. The van der Waals surface area contributed by atoms with Crippen LogP contribution in [0.3, 0.4) is 0 Å². The number of fused-ring (bicyclic) bond motifs is 1. The van der Waals surface area contributed by atoms with Crippen molar-refractivity contribution in [1.29, 1.82) is 0 Å². The maximum atomic E-state index is 5.96. The third kappa shape index (κ3) is 3.97. The number of ether oxygens (including phenoxy) is 2. The van der Waals surface area contributed by atoms with Gasteiger partial charge in [0.25, 0.3) is 0 Å². The zero-order valence-corrected chi connectivity index (χ0v) is 17.8. The Labute approximate surface area is 176 Å². The molecule has 0 bridgehead atoms. The number of benzene rings is 3. The summed E-state index contributed by atoms with van der Waals surface area (Å²) in [7, 11) is 3.35. The van der Waals surface area contributed by atoms with E-state index in [1.807, 2.05) is 55.5 Å². The van der Waals surface area contributed by atoms with Crippen molar-refractivity contribution in [2.24, 2.45) is 0 Å². The summed E-state index contributed by atoms with van der Waals surface area (Å²) in [6, 6.07) is 18.2. The minimum Gasteiger partial charge on any atom is -0.497 e. The monoisotopic (exact) mass is 402 g/mol. The quantitative estimate of drug-likeness (QED) is 0.610. The molecule has 0 N–H and O–H groups in total. The van der Waals surface area contributed by atoms with E-state index in [0.717, 1.165) is 49.8 Å². The van der Waals surface area contributed by atoms with Crippen molar-refractivity contribution < 1.29 is 19.2 Å². The van der Waals surface area contributed by atoms with Crippen LogP contribution in [0.5, 0.6) is 11.5 Å². The van der Waals surface area contributed by atoms with Gasteiger partial charge in [0.05, 0.1) is 14.2 Å². The van der Waals surface area contributed by atoms with E-state index in [1.54, 1.807) is 14.2 Å². The summed E-state index contributed by atoms with van der Waals surface area (Å²) >= 11 is 0. The highest BCUT2D eigenvalue weighted by Gasteiger charge is 2.33. The first kappa shape index (κ1) is 20.2. The second-order valence-corrected chi connectivity index (χ2v) is 7.65. The standard InChI is InChI=1S/C26H26O4/c1-16-6-8-19(9-7-16)14-23-22-12-18(3)13-24(28-5)25(22)26(30-29-23)20-10-17(2)11-21(15-20)27-4/h6-15,23,26H,1H2,2-5H3/t23-,26+/m1/s1. The lowest BCUT2D eigenvalue weighted by Crippen LogP contribution is -2.22. The van der Waals surface area contributed by atoms with Gasteiger partial charge in [-0.05, 0) is 70.8 Å². The lowest BCUT2D eigenvalue weighted by Gasteiger charge is -2.31. The molecular weight excluding hydrogens is 376 g/mol. The van der Waals surface area contributed by atoms with E-state index < -0.39 is 6.10 Å². The predicted octanol–water partition coefficient (Wildman–Crippen LogP) is 4.30. The van der Waals surface area contributed by atoms with Gasteiger partial charge >= 0.3 is 0 Å². The van der Waals surface area contributed by atoms with E-state index in [-0.39, 0.29) is 6.10 Å². The highest BCUT2D eigenvalue weighted by atomic mass is 17.2. The Morgan fingerprint density at radius 2 is 1.60 bits per heavy atom. The summed E-state index contributed by atoms with van der Waals surface area (Å²) in [5, 5.41) is 2.01. The molecule has 3 aromatic carbocycles. The summed E-state index contributed by atoms with van der Waals surface area (Å²) in [4.78, 5) is 11.9. The molecule has 0 unspecified atom stereocenters. The first-order valence-corrected chi connectivity index (χ1v) is 9.91. The van der Waals surface area contributed by atoms with Crippen LogP contribution in [0, 0.1) is 13.8 Å². The molecule has 30 heavy (non-hydrogen) atoms. The van der Waals surface area contributed by atoms with Gasteiger partial charge < -0.3 is 9.47 Å². The summed E-state index contributed by atoms with van der Waals surface area (Å²) in [6.07, 6.45) is 1.27.